The number of hydrogen-bond acceptors (Lipinski definition) is 5. The largest absolute Gasteiger partial charge is 0.465 e. The van der Waals surface area contributed by atoms with E-state index in [-0.39, 0.29) is 11.9 Å². The summed E-state index contributed by atoms with van der Waals surface area (Å²) in [7, 11) is 0. The summed E-state index contributed by atoms with van der Waals surface area (Å²) in [5.74, 6) is 1.87. The average molecular weight is 365 g/mol. The molecule has 0 spiro atoms. The highest BCUT2D eigenvalue weighted by Gasteiger charge is 2.27. The van der Waals surface area contributed by atoms with Crippen LogP contribution < -0.4 is 5.32 Å². The normalized spacial score (nSPS) is 16.9. The fourth-order valence-electron chi connectivity index (χ4n) is 3.52. The Kier molecular flexibility index (Phi) is 5.02. The number of hydrogen-bond donors (Lipinski definition) is 1. The van der Waals surface area contributed by atoms with E-state index >= 15 is 0 Å². The second-order valence-corrected chi connectivity index (χ2v) is 6.95. The Morgan fingerprint density at radius 1 is 1.30 bits per heavy atom. The summed E-state index contributed by atoms with van der Waals surface area (Å²) in [6, 6.07) is 9.83. The van der Waals surface area contributed by atoms with Crippen molar-refractivity contribution in [3.8, 4) is 0 Å². The number of nitrogens with one attached hydrogen (secondary N) is 1. The third kappa shape index (κ3) is 4.25. The Hall–Kier alpha value is -2.93. The first kappa shape index (κ1) is 17.5. The summed E-state index contributed by atoms with van der Waals surface area (Å²) in [5.41, 5.74) is 2.11. The number of pyridine rings is 1. The molecular formula is C20H23N5O2. The molecule has 4 rings (SSSR count). The second kappa shape index (κ2) is 7.75. The Bertz CT molecular complexity index is 902. The maximum atomic E-state index is 12.5. The van der Waals surface area contributed by atoms with Crippen LogP contribution in [0.2, 0.25) is 0 Å². The van der Waals surface area contributed by atoms with Crippen LogP contribution in [0.3, 0.4) is 0 Å². The minimum Gasteiger partial charge on any atom is -0.465 e. The summed E-state index contributed by atoms with van der Waals surface area (Å²) in [6.45, 7) is 4.72. The molecule has 7 nitrogen and oxygen atoms in total. The van der Waals surface area contributed by atoms with Crippen molar-refractivity contribution in [2.75, 3.05) is 6.54 Å². The van der Waals surface area contributed by atoms with Crippen molar-refractivity contribution in [3.63, 3.8) is 0 Å². The lowest BCUT2D eigenvalue weighted by atomic mass is 10.1. The smallest absolute Gasteiger partial charge is 0.222 e. The number of carbonyl (C=O) groups excluding carboxylic acids is 1. The topological polar surface area (TPSA) is 76.2 Å². The fraction of sp³-hybridized carbons (Fsp3) is 0.350. The van der Waals surface area contributed by atoms with Crippen LogP contribution in [0.5, 0.6) is 0 Å². The second-order valence-electron chi connectivity index (χ2n) is 6.95. The van der Waals surface area contributed by atoms with Crippen LogP contribution in [0.4, 0.5) is 0 Å². The van der Waals surface area contributed by atoms with E-state index in [0.29, 0.717) is 13.0 Å². The zero-order chi connectivity index (χ0) is 18.6. The van der Waals surface area contributed by atoms with Crippen LogP contribution in [0, 0.1) is 6.92 Å². The summed E-state index contributed by atoms with van der Waals surface area (Å²) in [5, 5.41) is 7.41. The molecule has 0 saturated heterocycles. The molecular weight excluding hydrogens is 342 g/mol. The van der Waals surface area contributed by atoms with Crippen molar-refractivity contribution < 1.29 is 9.21 Å². The van der Waals surface area contributed by atoms with Gasteiger partial charge in [-0.2, -0.15) is 5.10 Å². The van der Waals surface area contributed by atoms with Crippen molar-refractivity contribution in [1.29, 1.82) is 0 Å². The lowest BCUT2D eigenvalue weighted by Crippen LogP contribution is -2.39. The molecule has 0 saturated carbocycles. The van der Waals surface area contributed by atoms with Crippen LogP contribution in [0.15, 0.2) is 53.3 Å². The number of fused-ring (bicyclic) bond motifs is 1. The number of amides is 1. The molecule has 0 aliphatic carbocycles. The summed E-state index contributed by atoms with van der Waals surface area (Å²) >= 11 is 0. The molecule has 1 N–H and O–H groups in total. The van der Waals surface area contributed by atoms with Crippen LogP contribution >= 0.6 is 0 Å². The highest BCUT2D eigenvalue weighted by Crippen LogP contribution is 2.24. The van der Waals surface area contributed by atoms with Crippen molar-refractivity contribution in [2.24, 2.45) is 0 Å². The summed E-state index contributed by atoms with van der Waals surface area (Å²) < 4.78 is 7.69. The Morgan fingerprint density at radius 2 is 2.22 bits per heavy atom. The lowest BCUT2D eigenvalue weighted by Gasteiger charge is -2.33. The molecule has 3 aromatic rings. The highest BCUT2D eigenvalue weighted by atomic mass is 16.3. The zero-order valence-electron chi connectivity index (χ0n) is 15.3. The standard InChI is InChI=1S/C20H23N5O2/c1-15-4-5-19(27-15)14-24-12-17-6-8-23-25(17)18(13-24)9-20(26)22-11-16-3-2-7-21-10-16/h2-8,10,18H,9,11-14H2,1H3,(H,22,26)/t18-/m1/s1. The van der Waals surface area contributed by atoms with Gasteiger partial charge in [0.05, 0.1) is 24.7 Å². The van der Waals surface area contributed by atoms with Gasteiger partial charge in [-0.1, -0.05) is 6.07 Å². The molecule has 1 atom stereocenters. The molecule has 0 bridgehead atoms. The third-order valence-electron chi connectivity index (χ3n) is 4.76. The van der Waals surface area contributed by atoms with Crippen LogP contribution in [-0.4, -0.2) is 32.1 Å². The van der Waals surface area contributed by atoms with E-state index in [1.54, 1.807) is 18.6 Å². The van der Waals surface area contributed by atoms with Crippen LogP contribution in [0.1, 0.15) is 35.2 Å². The first-order valence-corrected chi connectivity index (χ1v) is 9.13. The van der Waals surface area contributed by atoms with Gasteiger partial charge in [0.15, 0.2) is 0 Å². The first-order valence-electron chi connectivity index (χ1n) is 9.13. The molecule has 3 aromatic heterocycles. The van der Waals surface area contributed by atoms with Gasteiger partial charge in [-0.3, -0.25) is 19.4 Å². The number of aromatic nitrogens is 3. The van der Waals surface area contributed by atoms with E-state index < -0.39 is 0 Å². The minimum atomic E-state index is 0.00806. The molecule has 1 aliphatic rings. The Labute approximate surface area is 158 Å². The van der Waals surface area contributed by atoms with Gasteiger partial charge >= 0.3 is 0 Å². The number of furan rings is 1. The number of aryl methyl sites for hydroxylation is 1. The van der Waals surface area contributed by atoms with E-state index in [9.17, 15) is 4.79 Å². The Balaban J connectivity index is 1.39. The van der Waals surface area contributed by atoms with Crippen molar-refractivity contribution in [3.05, 3.63) is 71.7 Å². The molecule has 7 heteroatoms. The monoisotopic (exact) mass is 365 g/mol. The first-order chi connectivity index (χ1) is 13.2. The van der Waals surface area contributed by atoms with Crippen molar-refractivity contribution in [2.45, 2.75) is 39.0 Å². The van der Waals surface area contributed by atoms with E-state index in [0.717, 1.165) is 42.4 Å². The number of nitrogens with zero attached hydrogens (tertiary/aromatic N) is 4. The minimum absolute atomic E-state index is 0.00806. The fourth-order valence-corrected chi connectivity index (χ4v) is 3.52. The quantitative estimate of drug-likeness (QED) is 0.726. The van der Waals surface area contributed by atoms with Gasteiger partial charge in [-0.15, -0.1) is 0 Å². The predicted octanol–water partition coefficient (Wildman–Crippen LogP) is 2.44. The molecule has 4 heterocycles. The molecule has 140 valence electrons. The molecule has 0 fully saturated rings. The summed E-state index contributed by atoms with van der Waals surface area (Å²) in [4.78, 5) is 18.8. The molecule has 1 aliphatic heterocycles. The maximum Gasteiger partial charge on any atom is 0.222 e. The molecule has 1 amide bonds. The molecule has 0 unspecified atom stereocenters. The van der Waals surface area contributed by atoms with Gasteiger partial charge < -0.3 is 9.73 Å². The third-order valence-corrected chi connectivity index (χ3v) is 4.76. The Morgan fingerprint density at radius 3 is 3.00 bits per heavy atom. The van der Waals surface area contributed by atoms with Crippen LogP contribution in [0.25, 0.3) is 0 Å². The maximum absolute atomic E-state index is 12.5. The van der Waals surface area contributed by atoms with E-state index in [2.05, 4.69) is 20.3 Å². The average Bonchev–Trinajstić information content (AvgIpc) is 3.30. The van der Waals surface area contributed by atoms with Gasteiger partial charge in [0.1, 0.15) is 11.5 Å². The van der Waals surface area contributed by atoms with Gasteiger partial charge in [-0.25, -0.2) is 0 Å². The van der Waals surface area contributed by atoms with E-state index in [1.807, 2.05) is 41.9 Å². The van der Waals surface area contributed by atoms with Gasteiger partial charge in [0.25, 0.3) is 0 Å². The SMILES string of the molecule is Cc1ccc(CN2Cc3ccnn3[C@H](CC(=O)NCc3cccnc3)C2)o1. The van der Waals surface area contributed by atoms with Crippen LogP contribution in [-0.2, 0) is 24.4 Å². The van der Waals surface area contributed by atoms with Gasteiger partial charge in [-0.05, 0) is 36.8 Å². The predicted molar refractivity (Wildman–Crippen MR) is 99.5 cm³/mol. The van der Waals surface area contributed by atoms with Gasteiger partial charge in [0.2, 0.25) is 5.91 Å². The van der Waals surface area contributed by atoms with E-state index in [1.165, 1.54) is 0 Å². The van der Waals surface area contributed by atoms with E-state index in [4.69, 9.17) is 4.42 Å². The number of rotatable bonds is 6. The zero-order valence-corrected chi connectivity index (χ0v) is 15.3. The van der Waals surface area contributed by atoms with Crippen molar-refractivity contribution >= 4 is 5.91 Å². The number of carbonyl (C=O) groups is 1. The molecule has 0 aromatic carbocycles. The summed E-state index contributed by atoms with van der Waals surface area (Å²) in [6.07, 6.45) is 5.68. The molecule has 27 heavy (non-hydrogen) atoms. The van der Waals surface area contributed by atoms with Crippen molar-refractivity contribution in [1.82, 2.24) is 25.0 Å². The highest BCUT2D eigenvalue weighted by molar-refractivity contribution is 5.76. The lowest BCUT2D eigenvalue weighted by molar-refractivity contribution is -0.122. The van der Waals surface area contributed by atoms with Gasteiger partial charge in [0, 0.05) is 38.2 Å². The molecule has 0 radical (unpaired) electrons.